The summed E-state index contributed by atoms with van der Waals surface area (Å²) < 4.78 is 7.25. The van der Waals surface area contributed by atoms with Crippen LogP contribution in [0.4, 0.5) is 5.13 Å². The summed E-state index contributed by atoms with van der Waals surface area (Å²) in [4.78, 5) is 16.4. The highest BCUT2D eigenvalue weighted by molar-refractivity contribution is 8.01. The van der Waals surface area contributed by atoms with E-state index in [1.807, 2.05) is 32.0 Å². The molecule has 3 rings (SSSR count). The maximum absolute atomic E-state index is 12.0. The Morgan fingerprint density at radius 1 is 1.35 bits per heavy atom. The number of rotatable bonds is 6. The fourth-order valence-corrected chi connectivity index (χ4v) is 4.36. The molecule has 0 atom stereocenters. The number of aromatic nitrogens is 3. The van der Waals surface area contributed by atoms with E-state index in [-0.39, 0.29) is 11.7 Å². The predicted octanol–water partition coefficient (Wildman–Crippen LogP) is 3.59. The van der Waals surface area contributed by atoms with Crippen molar-refractivity contribution in [1.29, 1.82) is 0 Å². The Morgan fingerprint density at radius 2 is 2.22 bits per heavy atom. The van der Waals surface area contributed by atoms with Crippen molar-refractivity contribution in [3.63, 3.8) is 0 Å². The number of ether oxygens (including phenoxy) is 1. The fraction of sp³-hybridized carbons (Fsp3) is 0.286. The van der Waals surface area contributed by atoms with Crippen LogP contribution in [-0.2, 0) is 4.79 Å². The third kappa shape index (κ3) is 4.18. The molecule has 0 bridgehead atoms. The molecule has 1 N–H and O–H groups in total. The van der Waals surface area contributed by atoms with E-state index in [0.717, 1.165) is 25.3 Å². The molecule has 0 aliphatic carbocycles. The number of hydrogen-bond donors (Lipinski definition) is 1. The second kappa shape index (κ2) is 7.24. The van der Waals surface area contributed by atoms with E-state index in [1.165, 1.54) is 34.4 Å². The number of nitrogens with zero attached hydrogens (tertiary/aromatic N) is 3. The first-order chi connectivity index (χ1) is 11.1. The number of thioether (sulfide) groups is 1. The van der Waals surface area contributed by atoms with E-state index >= 15 is 0 Å². The first-order valence-electron chi connectivity index (χ1n) is 6.90. The van der Waals surface area contributed by atoms with Crippen molar-refractivity contribution in [2.75, 3.05) is 17.7 Å². The van der Waals surface area contributed by atoms with Crippen LogP contribution in [0.2, 0.25) is 0 Å². The Kier molecular flexibility index (Phi) is 5.09. The normalized spacial score (nSPS) is 10.9. The number of hydrogen-bond acceptors (Lipinski definition) is 8. The highest BCUT2D eigenvalue weighted by Crippen LogP contribution is 2.29. The SMILES string of the molecule is CCOc1ccc2nc(NC(=O)CSc3nnc(C)s3)sc2c1. The Hall–Kier alpha value is -1.71. The number of aryl methyl sites for hydroxylation is 1. The summed E-state index contributed by atoms with van der Waals surface area (Å²) in [5.41, 5.74) is 0.848. The van der Waals surface area contributed by atoms with Crippen LogP contribution in [0.25, 0.3) is 10.2 Å². The van der Waals surface area contributed by atoms with E-state index in [4.69, 9.17) is 4.74 Å². The molecular formula is C14H14N4O2S3. The van der Waals surface area contributed by atoms with Gasteiger partial charge in [-0.25, -0.2) is 4.98 Å². The van der Waals surface area contributed by atoms with E-state index < -0.39 is 0 Å². The van der Waals surface area contributed by atoms with Crippen LogP contribution in [0, 0.1) is 6.92 Å². The van der Waals surface area contributed by atoms with Crippen LogP contribution >= 0.6 is 34.4 Å². The lowest BCUT2D eigenvalue weighted by molar-refractivity contribution is -0.113. The summed E-state index contributed by atoms with van der Waals surface area (Å²) in [7, 11) is 0. The molecule has 0 aliphatic heterocycles. The lowest BCUT2D eigenvalue weighted by Crippen LogP contribution is -2.13. The zero-order chi connectivity index (χ0) is 16.2. The third-order valence-corrected chi connectivity index (χ3v) is 5.66. The quantitative estimate of drug-likeness (QED) is 0.672. The molecule has 9 heteroatoms. The van der Waals surface area contributed by atoms with E-state index in [1.54, 1.807) is 0 Å². The predicted molar refractivity (Wildman–Crippen MR) is 94.8 cm³/mol. The molecule has 1 amide bonds. The van der Waals surface area contributed by atoms with Gasteiger partial charge >= 0.3 is 0 Å². The van der Waals surface area contributed by atoms with Crippen LogP contribution < -0.4 is 10.1 Å². The number of benzene rings is 1. The molecule has 0 fully saturated rings. The first-order valence-corrected chi connectivity index (χ1v) is 9.52. The van der Waals surface area contributed by atoms with Crippen molar-refractivity contribution in [3.8, 4) is 5.75 Å². The molecule has 1 aromatic carbocycles. The Bertz CT molecular complexity index is 830. The van der Waals surface area contributed by atoms with Crippen LogP contribution in [-0.4, -0.2) is 33.4 Å². The number of anilines is 1. The minimum atomic E-state index is -0.105. The summed E-state index contributed by atoms with van der Waals surface area (Å²) in [6, 6.07) is 5.71. The maximum Gasteiger partial charge on any atom is 0.236 e. The molecule has 2 aromatic heterocycles. The molecule has 0 saturated carbocycles. The number of nitrogens with one attached hydrogen (secondary N) is 1. The van der Waals surface area contributed by atoms with Crippen molar-refractivity contribution in [3.05, 3.63) is 23.2 Å². The van der Waals surface area contributed by atoms with Gasteiger partial charge in [-0.3, -0.25) is 4.79 Å². The highest BCUT2D eigenvalue weighted by atomic mass is 32.2. The lowest BCUT2D eigenvalue weighted by atomic mass is 10.3. The second-order valence-electron chi connectivity index (χ2n) is 4.51. The van der Waals surface area contributed by atoms with Crippen molar-refractivity contribution < 1.29 is 9.53 Å². The largest absolute Gasteiger partial charge is 0.494 e. The van der Waals surface area contributed by atoms with E-state index in [0.29, 0.717) is 11.7 Å². The molecular weight excluding hydrogens is 352 g/mol. The average Bonchev–Trinajstić information content (AvgIpc) is 3.10. The molecule has 6 nitrogen and oxygen atoms in total. The van der Waals surface area contributed by atoms with E-state index in [2.05, 4.69) is 20.5 Å². The number of carbonyl (C=O) groups excluding carboxylic acids is 1. The zero-order valence-electron chi connectivity index (χ0n) is 12.5. The zero-order valence-corrected chi connectivity index (χ0v) is 15.0. The van der Waals surface area contributed by atoms with Gasteiger partial charge in [-0.2, -0.15) is 0 Å². The Morgan fingerprint density at radius 3 is 2.96 bits per heavy atom. The van der Waals surface area contributed by atoms with Crippen molar-refractivity contribution >= 4 is 55.7 Å². The van der Waals surface area contributed by atoms with Gasteiger partial charge in [0.15, 0.2) is 9.47 Å². The molecule has 0 spiro atoms. The molecule has 0 radical (unpaired) electrons. The molecule has 23 heavy (non-hydrogen) atoms. The van der Waals surface area contributed by atoms with Gasteiger partial charge in [-0.1, -0.05) is 34.4 Å². The summed E-state index contributed by atoms with van der Waals surface area (Å²) in [5.74, 6) is 0.991. The van der Waals surface area contributed by atoms with Crippen LogP contribution in [0.3, 0.4) is 0 Å². The Balaban J connectivity index is 1.62. The smallest absolute Gasteiger partial charge is 0.236 e. The summed E-state index contributed by atoms with van der Waals surface area (Å²) in [6.07, 6.45) is 0. The summed E-state index contributed by atoms with van der Waals surface area (Å²) in [5, 5.41) is 12.2. The third-order valence-electron chi connectivity index (χ3n) is 2.75. The van der Waals surface area contributed by atoms with Crippen LogP contribution in [0.1, 0.15) is 11.9 Å². The monoisotopic (exact) mass is 366 g/mol. The van der Waals surface area contributed by atoms with Crippen LogP contribution in [0.5, 0.6) is 5.75 Å². The van der Waals surface area contributed by atoms with Crippen LogP contribution in [0.15, 0.2) is 22.5 Å². The second-order valence-corrected chi connectivity index (χ2v) is 7.94. The number of fused-ring (bicyclic) bond motifs is 1. The van der Waals surface area contributed by atoms with Gasteiger partial charge in [-0.05, 0) is 32.0 Å². The summed E-state index contributed by atoms with van der Waals surface area (Å²) >= 11 is 4.29. The number of amides is 1. The topological polar surface area (TPSA) is 77.0 Å². The van der Waals surface area contributed by atoms with Gasteiger partial charge in [0.05, 0.1) is 22.6 Å². The maximum atomic E-state index is 12.0. The van der Waals surface area contributed by atoms with Gasteiger partial charge in [-0.15, -0.1) is 10.2 Å². The molecule has 120 valence electrons. The van der Waals surface area contributed by atoms with Gasteiger partial charge < -0.3 is 10.1 Å². The van der Waals surface area contributed by atoms with Gasteiger partial charge in [0.25, 0.3) is 0 Å². The summed E-state index contributed by atoms with van der Waals surface area (Å²) in [6.45, 7) is 4.45. The minimum absolute atomic E-state index is 0.105. The molecule has 0 unspecified atom stereocenters. The van der Waals surface area contributed by atoms with Gasteiger partial charge in [0, 0.05) is 0 Å². The molecule has 3 aromatic rings. The fourth-order valence-electron chi connectivity index (χ4n) is 1.83. The number of thiazole rings is 1. The molecule has 0 saturated heterocycles. The highest BCUT2D eigenvalue weighted by Gasteiger charge is 2.10. The average molecular weight is 366 g/mol. The van der Waals surface area contributed by atoms with E-state index in [9.17, 15) is 4.79 Å². The first kappa shape index (κ1) is 16.2. The van der Waals surface area contributed by atoms with Gasteiger partial charge in [0.2, 0.25) is 5.91 Å². The molecule has 2 heterocycles. The van der Waals surface area contributed by atoms with Crippen molar-refractivity contribution in [1.82, 2.24) is 15.2 Å². The lowest BCUT2D eigenvalue weighted by Gasteiger charge is -2.00. The molecule has 0 aliphatic rings. The Labute approximate surface area is 145 Å². The van der Waals surface area contributed by atoms with Crippen molar-refractivity contribution in [2.45, 2.75) is 18.2 Å². The number of carbonyl (C=O) groups is 1. The van der Waals surface area contributed by atoms with Gasteiger partial charge in [0.1, 0.15) is 10.8 Å². The standard InChI is InChI=1S/C14H14N4O2S3/c1-3-20-9-4-5-10-11(6-9)23-13(15-10)16-12(19)7-21-14-18-17-8(2)22-14/h4-6H,3,7H2,1-2H3,(H,15,16,19). The minimum Gasteiger partial charge on any atom is -0.494 e. The van der Waals surface area contributed by atoms with Crippen molar-refractivity contribution in [2.24, 2.45) is 0 Å².